The topological polar surface area (TPSA) is 34.1 Å². The maximum Gasteiger partial charge on any atom is 0.152 e. The number of ketones is 2. The zero-order valence-corrected chi connectivity index (χ0v) is 6.55. The number of hydrogen-bond donors (Lipinski definition) is 0. The molecule has 0 aromatic rings. The van der Waals surface area contributed by atoms with Crippen molar-refractivity contribution in [2.24, 2.45) is 5.92 Å². The molecular weight excluding hydrogens is 128 g/mol. The molecule has 1 unspecified atom stereocenters. The fourth-order valence-corrected chi connectivity index (χ4v) is 0.415. The van der Waals surface area contributed by atoms with Gasteiger partial charge in [0, 0.05) is 5.92 Å². The van der Waals surface area contributed by atoms with Crippen LogP contribution in [0.5, 0.6) is 0 Å². The molecule has 0 fully saturated rings. The number of rotatable bonds is 3. The van der Waals surface area contributed by atoms with E-state index < -0.39 is 0 Å². The van der Waals surface area contributed by atoms with E-state index in [0.717, 1.165) is 0 Å². The summed E-state index contributed by atoms with van der Waals surface area (Å²) in [7, 11) is 0. The van der Waals surface area contributed by atoms with Gasteiger partial charge in [0.1, 0.15) is 5.78 Å². The van der Waals surface area contributed by atoms with E-state index in [2.05, 4.69) is 0 Å². The molecule has 0 heterocycles. The summed E-state index contributed by atoms with van der Waals surface area (Å²) in [4.78, 5) is 21.0. The Balaban J connectivity index is 3.89. The maximum absolute atomic E-state index is 10.6. The lowest BCUT2D eigenvalue weighted by molar-refractivity contribution is -0.118. The second kappa shape index (κ2) is 3.99. The van der Waals surface area contributed by atoms with Gasteiger partial charge in [0.05, 0.1) is 0 Å². The third kappa shape index (κ3) is 4.01. The minimum atomic E-state index is -0.135. The zero-order valence-electron chi connectivity index (χ0n) is 6.55. The average Bonchev–Trinajstić information content (AvgIpc) is 1.82. The molecule has 2 nitrogen and oxygen atoms in total. The first kappa shape index (κ1) is 9.08. The third-order valence-corrected chi connectivity index (χ3v) is 1.26. The first-order valence-electron chi connectivity index (χ1n) is 3.23. The molecule has 10 heavy (non-hydrogen) atoms. The van der Waals surface area contributed by atoms with Gasteiger partial charge in [0.25, 0.3) is 0 Å². The first-order valence-corrected chi connectivity index (χ1v) is 3.23. The highest BCUT2D eigenvalue weighted by Crippen LogP contribution is 1.97. The van der Waals surface area contributed by atoms with E-state index in [1.807, 2.05) is 0 Å². The number of carbonyl (C=O) groups is 2. The van der Waals surface area contributed by atoms with E-state index in [9.17, 15) is 9.59 Å². The predicted octanol–water partition coefficient (Wildman–Crippen LogP) is 1.36. The van der Waals surface area contributed by atoms with E-state index in [1.54, 1.807) is 13.0 Å². The summed E-state index contributed by atoms with van der Waals surface area (Å²) in [6, 6.07) is 0. The third-order valence-electron chi connectivity index (χ3n) is 1.26. The van der Waals surface area contributed by atoms with Crippen molar-refractivity contribution in [3.63, 3.8) is 0 Å². The summed E-state index contributed by atoms with van der Waals surface area (Å²) in [5.41, 5.74) is 0. The van der Waals surface area contributed by atoms with Crippen molar-refractivity contribution in [2.45, 2.75) is 20.8 Å². The van der Waals surface area contributed by atoms with E-state index >= 15 is 0 Å². The minimum absolute atomic E-state index is 0.0203. The summed E-state index contributed by atoms with van der Waals surface area (Å²) in [5, 5.41) is 0. The van der Waals surface area contributed by atoms with E-state index in [4.69, 9.17) is 0 Å². The molecule has 0 aromatic heterocycles. The lowest BCUT2D eigenvalue weighted by Gasteiger charge is -1.96. The Morgan fingerprint density at radius 2 is 1.80 bits per heavy atom. The van der Waals surface area contributed by atoms with Gasteiger partial charge >= 0.3 is 0 Å². The first-order chi connectivity index (χ1) is 4.54. The summed E-state index contributed by atoms with van der Waals surface area (Å²) >= 11 is 0. The highest BCUT2D eigenvalue weighted by atomic mass is 16.1. The fraction of sp³-hybridized carbons (Fsp3) is 0.500. The lowest BCUT2D eigenvalue weighted by Crippen LogP contribution is -2.02. The number of carbonyl (C=O) groups excluding carboxylic acids is 2. The quantitative estimate of drug-likeness (QED) is 0.554. The van der Waals surface area contributed by atoms with Crippen molar-refractivity contribution in [3.8, 4) is 0 Å². The highest BCUT2D eigenvalue weighted by molar-refractivity contribution is 5.88. The smallest absolute Gasteiger partial charge is 0.152 e. The van der Waals surface area contributed by atoms with E-state index in [0.29, 0.717) is 0 Å². The molecule has 0 aliphatic rings. The van der Waals surface area contributed by atoms with Crippen LogP contribution in [0.25, 0.3) is 0 Å². The van der Waals surface area contributed by atoms with Crippen molar-refractivity contribution in [3.05, 3.63) is 12.2 Å². The molecule has 0 rings (SSSR count). The SMILES string of the molecule is CC(=O)/C=C/C(C)C(C)=O. The van der Waals surface area contributed by atoms with Crippen molar-refractivity contribution < 1.29 is 9.59 Å². The van der Waals surface area contributed by atoms with Gasteiger partial charge in [-0.15, -0.1) is 0 Å². The standard InChI is InChI=1S/C8H12O2/c1-6(8(3)10)4-5-7(2)9/h4-6H,1-3H3/b5-4+. The zero-order chi connectivity index (χ0) is 8.15. The molecule has 0 saturated heterocycles. The second-order valence-corrected chi connectivity index (χ2v) is 2.37. The highest BCUT2D eigenvalue weighted by Gasteiger charge is 2.01. The van der Waals surface area contributed by atoms with Gasteiger partial charge in [0.2, 0.25) is 0 Å². The van der Waals surface area contributed by atoms with Gasteiger partial charge in [-0.2, -0.15) is 0 Å². The van der Waals surface area contributed by atoms with Gasteiger partial charge < -0.3 is 0 Å². The Labute approximate surface area is 60.9 Å². The Bertz CT molecular complexity index is 168. The van der Waals surface area contributed by atoms with Crippen LogP contribution in [0.1, 0.15) is 20.8 Å². The summed E-state index contributed by atoms with van der Waals surface area (Å²) < 4.78 is 0. The minimum Gasteiger partial charge on any atom is -0.299 e. The lowest BCUT2D eigenvalue weighted by atomic mass is 10.1. The summed E-state index contributed by atoms with van der Waals surface area (Å²) in [5.74, 6) is -0.0745. The van der Waals surface area contributed by atoms with Crippen LogP contribution in [0.15, 0.2) is 12.2 Å². The van der Waals surface area contributed by atoms with Gasteiger partial charge in [-0.05, 0) is 19.9 Å². The van der Waals surface area contributed by atoms with Crippen molar-refractivity contribution in [2.75, 3.05) is 0 Å². The van der Waals surface area contributed by atoms with Crippen LogP contribution in [-0.4, -0.2) is 11.6 Å². The molecule has 0 aliphatic carbocycles. The van der Waals surface area contributed by atoms with Crippen LogP contribution in [0.4, 0.5) is 0 Å². The van der Waals surface area contributed by atoms with Crippen molar-refractivity contribution >= 4 is 11.6 Å². The molecule has 0 spiro atoms. The molecule has 1 atom stereocenters. The molecule has 0 saturated carbocycles. The van der Waals surface area contributed by atoms with Crippen molar-refractivity contribution in [1.29, 1.82) is 0 Å². The molecule has 0 aliphatic heterocycles. The normalized spacial score (nSPS) is 13.5. The monoisotopic (exact) mass is 140 g/mol. The van der Waals surface area contributed by atoms with Gasteiger partial charge in [-0.3, -0.25) is 9.59 Å². The summed E-state index contributed by atoms with van der Waals surface area (Å²) in [6.45, 7) is 4.74. The Kier molecular flexibility index (Phi) is 3.62. The summed E-state index contributed by atoms with van der Waals surface area (Å²) in [6.07, 6.45) is 3.04. The fourth-order valence-electron chi connectivity index (χ4n) is 0.415. The van der Waals surface area contributed by atoms with Gasteiger partial charge in [0.15, 0.2) is 5.78 Å². The second-order valence-electron chi connectivity index (χ2n) is 2.37. The van der Waals surface area contributed by atoms with Crippen LogP contribution in [-0.2, 0) is 9.59 Å². The molecular formula is C8H12O2. The van der Waals surface area contributed by atoms with Crippen LogP contribution >= 0.6 is 0 Å². The number of allylic oxidation sites excluding steroid dienone is 2. The number of Topliss-reactive ketones (excluding diaryl/α,β-unsaturated/α-hetero) is 1. The maximum atomic E-state index is 10.6. The van der Waals surface area contributed by atoms with Crippen molar-refractivity contribution in [1.82, 2.24) is 0 Å². The van der Waals surface area contributed by atoms with Crippen LogP contribution in [0.3, 0.4) is 0 Å². The van der Waals surface area contributed by atoms with E-state index in [-0.39, 0.29) is 17.5 Å². The molecule has 2 heteroatoms. The van der Waals surface area contributed by atoms with Crippen LogP contribution < -0.4 is 0 Å². The Morgan fingerprint density at radius 1 is 1.30 bits per heavy atom. The molecule has 0 radical (unpaired) electrons. The molecule has 0 amide bonds. The molecule has 0 bridgehead atoms. The van der Waals surface area contributed by atoms with Crippen LogP contribution in [0.2, 0.25) is 0 Å². The van der Waals surface area contributed by atoms with Gasteiger partial charge in [-0.25, -0.2) is 0 Å². The largest absolute Gasteiger partial charge is 0.299 e. The average molecular weight is 140 g/mol. The molecule has 0 aromatic carbocycles. The number of hydrogen-bond acceptors (Lipinski definition) is 2. The Hall–Kier alpha value is -0.920. The van der Waals surface area contributed by atoms with E-state index in [1.165, 1.54) is 19.9 Å². The van der Waals surface area contributed by atoms with Crippen LogP contribution in [0, 0.1) is 5.92 Å². The van der Waals surface area contributed by atoms with Gasteiger partial charge in [-0.1, -0.05) is 13.0 Å². The Morgan fingerprint density at radius 3 is 2.10 bits per heavy atom. The molecule has 56 valence electrons. The predicted molar refractivity (Wildman–Crippen MR) is 39.7 cm³/mol. The molecule has 0 N–H and O–H groups in total.